The summed E-state index contributed by atoms with van der Waals surface area (Å²) in [5.41, 5.74) is 7.64. The fourth-order valence-corrected chi connectivity index (χ4v) is 1.95. The van der Waals surface area contributed by atoms with Crippen molar-refractivity contribution in [3.05, 3.63) is 42.2 Å². The van der Waals surface area contributed by atoms with Gasteiger partial charge in [-0.15, -0.1) is 0 Å². The molecule has 2 aromatic rings. The monoisotopic (exact) mass is 288 g/mol. The van der Waals surface area contributed by atoms with Crippen LogP contribution in [0.15, 0.2) is 36.5 Å². The number of rotatable bonds is 6. The van der Waals surface area contributed by atoms with Crippen LogP contribution in [-0.4, -0.2) is 47.9 Å². The average molecular weight is 288 g/mol. The molecule has 0 fully saturated rings. The number of nitrogen functional groups attached to an aromatic ring is 1. The number of methoxy groups -OCH3 is 1. The van der Waals surface area contributed by atoms with Gasteiger partial charge in [-0.25, -0.2) is 4.68 Å². The van der Waals surface area contributed by atoms with Crippen molar-refractivity contribution >= 4 is 11.6 Å². The Morgan fingerprint density at radius 3 is 2.71 bits per heavy atom. The van der Waals surface area contributed by atoms with Crippen LogP contribution in [0.25, 0.3) is 5.69 Å². The van der Waals surface area contributed by atoms with Gasteiger partial charge in [-0.1, -0.05) is 0 Å². The van der Waals surface area contributed by atoms with Gasteiger partial charge >= 0.3 is 0 Å². The molecule has 0 saturated carbocycles. The number of nitrogens with two attached hydrogens (primary N) is 1. The maximum Gasteiger partial charge on any atom is 0.274 e. The van der Waals surface area contributed by atoms with Gasteiger partial charge in [-0.2, -0.15) is 5.10 Å². The van der Waals surface area contributed by atoms with Crippen molar-refractivity contribution in [3.63, 3.8) is 0 Å². The molecule has 6 nitrogen and oxygen atoms in total. The molecule has 112 valence electrons. The van der Waals surface area contributed by atoms with Crippen LogP contribution in [0.2, 0.25) is 0 Å². The van der Waals surface area contributed by atoms with E-state index in [0.717, 1.165) is 12.1 Å². The summed E-state index contributed by atoms with van der Waals surface area (Å²) in [6, 6.07) is 9.04. The van der Waals surface area contributed by atoms with Crippen molar-refractivity contribution in [2.24, 2.45) is 0 Å². The molecule has 0 spiro atoms. The quantitative estimate of drug-likeness (QED) is 0.646. The molecular weight excluding hydrogens is 268 g/mol. The molecular formula is C15H20N4O2. The first-order valence-corrected chi connectivity index (χ1v) is 6.78. The SMILES string of the molecule is COCCCN(C)C(=O)c1ccn(-c2ccc(N)cc2)n1. The van der Waals surface area contributed by atoms with Gasteiger partial charge in [0.1, 0.15) is 0 Å². The van der Waals surface area contributed by atoms with E-state index in [2.05, 4.69) is 5.10 Å². The Labute approximate surface area is 124 Å². The van der Waals surface area contributed by atoms with Gasteiger partial charge in [0.15, 0.2) is 5.69 Å². The summed E-state index contributed by atoms with van der Waals surface area (Å²) in [5, 5.41) is 4.31. The van der Waals surface area contributed by atoms with Crippen LogP contribution in [0.4, 0.5) is 5.69 Å². The Balaban J connectivity index is 2.05. The summed E-state index contributed by atoms with van der Waals surface area (Å²) >= 11 is 0. The number of amides is 1. The Morgan fingerprint density at radius 2 is 2.05 bits per heavy atom. The third-order valence-corrected chi connectivity index (χ3v) is 3.15. The predicted molar refractivity (Wildman–Crippen MR) is 81.4 cm³/mol. The molecule has 1 aromatic carbocycles. The van der Waals surface area contributed by atoms with Crippen LogP contribution >= 0.6 is 0 Å². The lowest BCUT2D eigenvalue weighted by atomic mass is 10.3. The number of aromatic nitrogens is 2. The van der Waals surface area contributed by atoms with E-state index in [4.69, 9.17) is 10.5 Å². The Hall–Kier alpha value is -2.34. The second kappa shape index (κ2) is 6.90. The van der Waals surface area contributed by atoms with Crippen molar-refractivity contribution in [1.82, 2.24) is 14.7 Å². The van der Waals surface area contributed by atoms with E-state index in [1.165, 1.54) is 0 Å². The van der Waals surface area contributed by atoms with Crippen LogP contribution < -0.4 is 5.73 Å². The van der Waals surface area contributed by atoms with E-state index in [1.807, 2.05) is 12.1 Å². The highest BCUT2D eigenvalue weighted by atomic mass is 16.5. The molecule has 2 rings (SSSR count). The minimum atomic E-state index is -0.0969. The molecule has 0 aliphatic carbocycles. The summed E-state index contributed by atoms with van der Waals surface area (Å²) in [6.45, 7) is 1.28. The van der Waals surface area contributed by atoms with Crippen LogP contribution in [-0.2, 0) is 4.74 Å². The van der Waals surface area contributed by atoms with Gasteiger partial charge in [-0.3, -0.25) is 4.79 Å². The molecule has 21 heavy (non-hydrogen) atoms. The zero-order chi connectivity index (χ0) is 15.2. The van der Waals surface area contributed by atoms with E-state index in [-0.39, 0.29) is 5.91 Å². The summed E-state index contributed by atoms with van der Waals surface area (Å²) in [4.78, 5) is 13.9. The lowest BCUT2D eigenvalue weighted by Crippen LogP contribution is -2.28. The molecule has 2 N–H and O–H groups in total. The van der Waals surface area contributed by atoms with Crippen molar-refractivity contribution in [2.75, 3.05) is 33.0 Å². The number of hydrogen-bond donors (Lipinski definition) is 1. The second-order valence-electron chi connectivity index (χ2n) is 4.81. The van der Waals surface area contributed by atoms with Gasteiger partial charge in [0.2, 0.25) is 0 Å². The topological polar surface area (TPSA) is 73.4 Å². The van der Waals surface area contributed by atoms with Gasteiger partial charge in [0.25, 0.3) is 5.91 Å². The van der Waals surface area contributed by atoms with Crippen LogP contribution in [0.3, 0.4) is 0 Å². The average Bonchev–Trinajstić information content (AvgIpc) is 2.97. The molecule has 0 aliphatic heterocycles. The first kappa shape index (κ1) is 15.1. The molecule has 1 heterocycles. The van der Waals surface area contributed by atoms with E-state index in [0.29, 0.717) is 24.5 Å². The summed E-state index contributed by atoms with van der Waals surface area (Å²) < 4.78 is 6.64. The lowest BCUT2D eigenvalue weighted by molar-refractivity contribution is 0.0773. The first-order valence-electron chi connectivity index (χ1n) is 6.78. The highest BCUT2D eigenvalue weighted by Crippen LogP contribution is 2.11. The van der Waals surface area contributed by atoms with E-state index < -0.39 is 0 Å². The Morgan fingerprint density at radius 1 is 1.33 bits per heavy atom. The number of carbonyl (C=O) groups is 1. The minimum absolute atomic E-state index is 0.0969. The number of nitrogens with zero attached hydrogens (tertiary/aromatic N) is 3. The number of anilines is 1. The Bertz CT molecular complexity index is 592. The molecule has 0 aliphatic rings. The number of ether oxygens (including phenoxy) is 1. The largest absolute Gasteiger partial charge is 0.399 e. The standard InChI is InChI=1S/C15H20N4O2/c1-18(9-3-11-21-2)15(20)14-8-10-19(17-14)13-6-4-12(16)5-7-13/h4-8,10H,3,9,11,16H2,1-2H3. The molecule has 0 saturated heterocycles. The summed E-state index contributed by atoms with van der Waals surface area (Å²) in [7, 11) is 3.41. The molecule has 0 unspecified atom stereocenters. The van der Waals surface area contributed by atoms with Crippen LogP contribution in [0.1, 0.15) is 16.9 Å². The molecule has 1 aromatic heterocycles. The fraction of sp³-hybridized carbons (Fsp3) is 0.333. The molecule has 0 bridgehead atoms. The number of carbonyl (C=O) groups excluding carboxylic acids is 1. The van der Waals surface area contributed by atoms with E-state index in [9.17, 15) is 4.79 Å². The smallest absolute Gasteiger partial charge is 0.274 e. The molecule has 0 radical (unpaired) electrons. The third-order valence-electron chi connectivity index (χ3n) is 3.15. The zero-order valence-electron chi connectivity index (χ0n) is 12.3. The summed E-state index contributed by atoms with van der Waals surface area (Å²) in [5.74, 6) is -0.0969. The van der Waals surface area contributed by atoms with Gasteiger partial charge < -0.3 is 15.4 Å². The second-order valence-corrected chi connectivity index (χ2v) is 4.81. The molecule has 6 heteroatoms. The lowest BCUT2D eigenvalue weighted by Gasteiger charge is -2.15. The minimum Gasteiger partial charge on any atom is -0.399 e. The van der Waals surface area contributed by atoms with Gasteiger partial charge in [0.05, 0.1) is 5.69 Å². The number of benzene rings is 1. The predicted octanol–water partition coefficient (Wildman–Crippen LogP) is 1.56. The number of hydrogen-bond acceptors (Lipinski definition) is 4. The van der Waals surface area contributed by atoms with Crippen LogP contribution in [0.5, 0.6) is 0 Å². The highest BCUT2D eigenvalue weighted by molar-refractivity contribution is 5.92. The fourth-order valence-electron chi connectivity index (χ4n) is 1.95. The maximum absolute atomic E-state index is 12.2. The van der Waals surface area contributed by atoms with Gasteiger partial charge in [0, 0.05) is 39.2 Å². The Kier molecular flexibility index (Phi) is 4.94. The van der Waals surface area contributed by atoms with E-state index >= 15 is 0 Å². The van der Waals surface area contributed by atoms with Crippen molar-refractivity contribution < 1.29 is 9.53 Å². The van der Waals surface area contributed by atoms with Crippen molar-refractivity contribution in [1.29, 1.82) is 0 Å². The van der Waals surface area contributed by atoms with Gasteiger partial charge in [-0.05, 0) is 36.8 Å². The van der Waals surface area contributed by atoms with Crippen molar-refractivity contribution in [2.45, 2.75) is 6.42 Å². The summed E-state index contributed by atoms with van der Waals surface area (Å²) in [6.07, 6.45) is 2.57. The normalized spacial score (nSPS) is 10.6. The zero-order valence-corrected chi connectivity index (χ0v) is 12.3. The first-order chi connectivity index (χ1) is 10.1. The highest BCUT2D eigenvalue weighted by Gasteiger charge is 2.14. The molecule has 0 atom stereocenters. The molecule has 1 amide bonds. The third kappa shape index (κ3) is 3.82. The van der Waals surface area contributed by atoms with Crippen molar-refractivity contribution in [3.8, 4) is 5.69 Å². The maximum atomic E-state index is 12.2. The van der Waals surface area contributed by atoms with Crippen LogP contribution in [0, 0.1) is 0 Å². The van der Waals surface area contributed by atoms with E-state index in [1.54, 1.807) is 48.1 Å².